The summed E-state index contributed by atoms with van der Waals surface area (Å²) in [6.45, 7) is 4.24. The third kappa shape index (κ3) is 6.27. The lowest BCUT2D eigenvalue weighted by molar-refractivity contribution is -0.125. The molecule has 26 heavy (non-hydrogen) atoms. The summed E-state index contributed by atoms with van der Waals surface area (Å²) in [5.41, 5.74) is 0.373. The SMILES string of the molecule is CCCCCOc1ccc(C(=O)OCC(=O)N[C@@H](C)c2ccco2)cc1. The molecule has 0 saturated carbocycles. The molecular weight excluding hydrogens is 334 g/mol. The summed E-state index contributed by atoms with van der Waals surface area (Å²) in [6.07, 6.45) is 4.81. The molecule has 0 saturated heterocycles. The summed E-state index contributed by atoms with van der Waals surface area (Å²) in [4.78, 5) is 23.9. The van der Waals surface area contributed by atoms with E-state index in [1.54, 1.807) is 43.3 Å². The Morgan fingerprint density at radius 1 is 1.15 bits per heavy atom. The van der Waals surface area contributed by atoms with Gasteiger partial charge >= 0.3 is 5.97 Å². The molecule has 0 aliphatic rings. The van der Waals surface area contributed by atoms with Gasteiger partial charge < -0.3 is 19.2 Å². The molecule has 0 aliphatic carbocycles. The van der Waals surface area contributed by atoms with Gasteiger partial charge in [-0.1, -0.05) is 19.8 Å². The predicted molar refractivity (Wildman–Crippen MR) is 97.0 cm³/mol. The van der Waals surface area contributed by atoms with Gasteiger partial charge in [-0.05, 0) is 49.7 Å². The van der Waals surface area contributed by atoms with E-state index in [9.17, 15) is 9.59 Å². The van der Waals surface area contributed by atoms with Crippen LogP contribution in [0.25, 0.3) is 0 Å². The van der Waals surface area contributed by atoms with Gasteiger partial charge in [0.05, 0.1) is 24.5 Å². The maximum Gasteiger partial charge on any atom is 0.338 e. The molecule has 0 radical (unpaired) electrons. The van der Waals surface area contributed by atoms with Crippen molar-refractivity contribution >= 4 is 11.9 Å². The number of carbonyl (C=O) groups excluding carboxylic acids is 2. The van der Waals surface area contributed by atoms with Gasteiger partial charge in [0.15, 0.2) is 6.61 Å². The number of unbranched alkanes of at least 4 members (excludes halogenated alkanes) is 2. The maximum atomic E-state index is 12.0. The van der Waals surface area contributed by atoms with Gasteiger partial charge in [-0.2, -0.15) is 0 Å². The Morgan fingerprint density at radius 3 is 2.58 bits per heavy atom. The Kier molecular flexibility index (Phi) is 7.74. The topological polar surface area (TPSA) is 77.8 Å². The van der Waals surface area contributed by atoms with Gasteiger partial charge in [-0.25, -0.2) is 4.79 Å². The minimum absolute atomic E-state index is 0.291. The van der Waals surface area contributed by atoms with Gasteiger partial charge in [0.1, 0.15) is 11.5 Å². The van der Waals surface area contributed by atoms with E-state index < -0.39 is 11.9 Å². The van der Waals surface area contributed by atoms with E-state index in [2.05, 4.69) is 12.2 Å². The molecule has 0 aliphatic heterocycles. The number of rotatable bonds is 10. The van der Waals surface area contributed by atoms with Crippen LogP contribution in [0.5, 0.6) is 5.75 Å². The van der Waals surface area contributed by atoms with Crippen LogP contribution in [0.15, 0.2) is 47.1 Å². The first-order chi connectivity index (χ1) is 12.6. The largest absolute Gasteiger partial charge is 0.494 e. The Balaban J connectivity index is 1.74. The standard InChI is InChI=1S/C20H25NO5/c1-3-4-5-12-24-17-10-8-16(9-11-17)20(23)26-14-19(22)21-15(2)18-7-6-13-25-18/h6-11,13,15H,3-5,12,14H2,1-2H3,(H,21,22)/t15-/m0/s1. The fourth-order valence-electron chi connectivity index (χ4n) is 2.34. The van der Waals surface area contributed by atoms with Crippen molar-refractivity contribution in [1.29, 1.82) is 0 Å². The van der Waals surface area contributed by atoms with Crippen LogP contribution in [0, 0.1) is 0 Å². The van der Waals surface area contributed by atoms with E-state index in [4.69, 9.17) is 13.9 Å². The summed E-state index contributed by atoms with van der Waals surface area (Å²) < 4.78 is 15.8. The van der Waals surface area contributed by atoms with Crippen LogP contribution in [0.1, 0.15) is 55.3 Å². The van der Waals surface area contributed by atoms with Gasteiger partial charge in [-0.15, -0.1) is 0 Å². The molecule has 140 valence electrons. The molecule has 1 aromatic carbocycles. The number of ether oxygens (including phenoxy) is 2. The Labute approximate surface area is 153 Å². The lowest BCUT2D eigenvalue weighted by Crippen LogP contribution is -2.30. The fourth-order valence-corrected chi connectivity index (χ4v) is 2.34. The van der Waals surface area contributed by atoms with Gasteiger partial charge in [-0.3, -0.25) is 4.79 Å². The number of esters is 1. The van der Waals surface area contributed by atoms with Crippen LogP contribution in [0.4, 0.5) is 0 Å². The minimum atomic E-state index is -0.552. The second-order valence-electron chi connectivity index (χ2n) is 5.96. The number of furan rings is 1. The molecule has 1 amide bonds. The van der Waals surface area contributed by atoms with E-state index >= 15 is 0 Å². The van der Waals surface area contributed by atoms with Crippen LogP contribution < -0.4 is 10.1 Å². The number of nitrogens with one attached hydrogen (secondary N) is 1. The highest BCUT2D eigenvalue weighted by molar-refractivity contribution is 5.91. The van der Waals surface area contributed by atoms with Crippen molar-refractivity contribution in [3.8, 4) is 5.75 Å². The van der Waals surface area contributed by atoms with Crippen LogP contribution in [0.2, 0.25) is 0 Å². The highest BCUT2D eigenvalue weighted by Gasteiger charge is 2.14. The lowest BCUT2D eigenvalue weighted by atomic mass is 10.2. The van der Waals surface area contributed by atoms with E-state index in [-0.39, 0.29) is 12.6 Å². The van der Waals surface area contributed by atoms with E-state index in [1.165, 1.54) is 6.26 Å². The smallest absolute Gasteiger partial charge is 0.338 e. The fraction of sp³-hybridized carbons (Fsp3) is 0.400. The number of carbonyl (C=O) groups is 2. The monoisotopic (exact) mass is 359 g/mol. The third-order valence-electron chi connectivity index (χ3n) is 3.79. The zero-order valence-electron chi connectivity index (χ0n) is 15.2. The molecule has 0 bridgehead atoms. The van der Waals surface area contributed by atoms with E-state index in [0.717, 1.165) is 19.3 Å². The first kappa shape index (κ1) is 19.6. The maximum absolute atomic E-state index is 12.0. The number of benzene rings is 1. The molecule has 1 N–H and O–H groups in total. The summed E-state index contributed by atoms with van der Waals surface area (Å²) in [6, 6.07) is 9.92. The minimum Gasteiger partial charge on any atom is -0.494 e. The highest BCUT2D eigenvalue weighted by Crippen LogP contribution is 2.14. The number of hydrogen-bond acceptors (Lipinski definition) is 5. The normalized spacial score (nSPS) is 11.6. The first-order valence-corrected chi connectivity index (χ1v) is 8.83. The third-order valence-corrected chi connectivity index (χ3v) is 3.79. The molecule has 6 nitrogen and oxygen atoms in total. The number of hydrogen-bond donors (Lipinski definition) is 1. The van der Waals surface area contributed by atoms with E-state index in [0.29, 0.717) is 23.7 Å². The van der Waals surface area contributed by atoms with Crippen LogP contribution in [-0.4, -0.2) is 25.1 Å². The highest BCUT2D eigenvalue weighted by atomic mass is 16.5. The Hall–Kier alpha value is -2.76. The van der Waals surface area contributed by atoms with Crippen molar-refractivity contribution in [3.63, 3.8) is 0 Å². The van der Waals surface area contributed by atoms with Gasteiger partial charge in [0.25, 0.3) is 5.91 Å². The molecule has 2 aromatic rings. The summed E-state index contributed by atoms with van der Waals surface area (Å²) >= 11 is 0. The number of amides is 1. The molecule has 0 spiro atoms. The van der Waals surface area contributed by atoms with Gasteiger partial charge in [0.2, 0.25) is 0 Å². The van der Waals surface area contributed by atoms with Crippen molar-refractivity contribution in [2.24, 2.45) is 0 Å². The molecular formula is C20H25NO5. The quantitative estimate of drug-likeness (QED) is 0.514. The summed E-state index contributed by atoms with van der Waals surface area (Å²) in [7, 11) is 0. The Bertz CT molecular complexity index is 679. The second-order valence-corrected chi connectivity index (χ2v) is 5.96. The van der Waals surface area contributed by atoms with E-state index in [1.807, 2.05) is 0 Å². The average Bonchev–Trinajstić information content (AvgIpc) is 3.19. The summed E-state index contributed by atoms with van der Waals surface area (Å²) in [5.74, 6) is 0.406. The van der Waals surface area contributed by atoms with Gasteiger partial charge in [0, 0.05) is 0 Å². The van der Waals surface area contributed by atoms with Crippen LogP contribution >= 0.6 is 0 Å². The average molecular weight is 359 g/mol. The lowest BCUT2D eigenvalue weighted by Gasteiger charge is -2.11. The van der Waals surface area contributed by atoms with Crippen molar-refractivity contribution < 1.29 is 23.5 Å². The first-order valence-electron chi connectivity index (χ1n) is 8.83. The van der Waals surface area contributed by atoms with Crippen LogP contribution in [-0.2, 0) is 9.53 Å². The van der Waals surface area contributed by atoms with Crippen LogP contribution in [0.3, 0.4) is 0 Å². The van der Waals surface area contributed by atoms with Crippen molar-refractivity contribution in [2.45, 2.75) is 39.2 Å². The molecule has 1 heterocycles. The zero-order chi connectivity index (χ0) is 18.8. The molecule has 0 unspecified atom stereocenters. The molecule has 1 atom stereocenters. The van der Waals surface area contributed by atoms with Crippen molar-refractivity contribution in [1.82, 2.24) is 5.32 Å². The molecule has 2 rings (SSSR count). The zero-order valence-corrected chi connectivity index (χ0v) is 15.2. The molecule has 0 fully saturated rings. The van der Waals surface area contributed by atoms with Crippen molar-refractivity contribution in [3.05, 3.63) is 54.0 Å². The molecule has 1 aromatic heterocycles. The summed E-state index contributed by atoms with van der Waals surface area (Å²) in [5, 5.41) is 2.70. The van der Waals surface area contributed by atoms with Crippen molar-refractivity contribution in [2.75, 3.05) is 13.2 Å². The molecule has 6 heteroatoms. The predicted octanol–water partition coefficient (Wildman–Crippen LogP) is 3.88. The second kappa shape index (κ2) is 10.3. The Morgan fingerprint density at radius 2 is 1.92 bits per heavy atom.